The summed E-state index contributed by atoms with van der Waals surface area (Å²) in [6, 6.07) is 0. The van der Waals surface area contributed by atoms with E-state index in [0.29, 0.717) is 0 Å². The molecule has 1 aliphatic carbocycles. The van der Waals surface area contributed by atoms with Crippen LogP contribution in [0.25, 0.3) is 0 Å². The van der Waals surface area contributed by atoms with Crippen molar-refractivity contribution in [2.45, 2.75) is 32.1 Å². The van der Waals surface area contributed by atoms with Gasteiger partial charge in [0.05, 0.1) is 0 Å². The second kappa shape index (κ2) is 7.60. The van der Waals surface area contributed by atoms with Crippen LogP contribution in [0.4, 0.5) is 0 Å². The van der Waals surface area contributed by atoms with E-state index in [2.05, 4.69) is 48.6 Å². The first-order valence-corrected chi connectivity index (χ1v) is 5.00. The maximum Gasteiger partial charge on any atom is -0.0163 e. The molecule has 0 atom stereocenters. The molecule has 0 unspecified atom stereocenters. The van der Waals surface area contributed by atoms with Crippen molar-refractivity contribution in [3.8, 4) is 0 Å². The molecule has 1 radical (unpaired) electrons. The summed E-state index contributed by atoms with van der Waals surface area (Å²) in [5, 5.41) is 0. The fourth-order valence-corrected chi connectivity index (χ4v) is 1.18. The summed E-state index contributed by atoms with van der Waals surface area (Å²) in [7, 11) is 0. The second-order valence-corrected chi connectivity index (χ2v) is 3.07. The van der Waals surface area contributed by atoms with Gasteiger partial charge in [-0.05, 0) is 38.2 Å². The Hall–Kier alpha value is -1.04. The van der Waals surface area contributed by atoms with Crippen LogP contribution < -0.4 is 0 Å². The summed E-state index contributed by atoms with van der Waals surface area (Å²) >= 11 is 0. The van der Waals surface area contributed by atoms with Crippen LogP contribution in [0.1, 0.15) is 32.1 Å². The molecule has 0 aromatic carbocycles. The molecule has 0 aromatic rings. The van der Waals surface area contributed by atoms with Crippen LogP contribution in [-0.4, -0.2) is 0 Å². The maximum absolute atomic E-state index is 3.28. The van der Waals surface area contributed by atoms with E-state index in [-0.39, 0.29) is 0 Å². The molecule has 0 saturated heterocycles. The summed E-state index contributed by atoms with van der Waals surface area (Å²) < 4.78 is 0. The Morgan fingerprint density at radius 3 is 2.08 bits per heavy atom. The lowest BCUT2D eigenvalue weighted by Crippen LogP contribution is -1.66. The largest absolute Gasteiger partial charge is 0.0879 e. The highest BCUT2D eigenvalue weighted by atomic mass is 13.9. The van der Waals surface area contributed by atoms with Crippen LogP contribution in [0.15, 0.2) is 42.5 Å². The van der Waals surface area contributed by atoms with E-state index >= 15 is 0 Å². The number of allylic oxidation sites excluding steroid dienone is 8. The lowest BCUT2D eigenvalue weighted by molar-refractivity contribution is 1.01. The monoisotopic (exact) mass is 173 g/mol. The van der Waals surface area contributed by atoms with Gasteiger partial charge >= 0.3 is 0 Å². The van der Waals surface area contributed by atoms with E-state index in [1.165, 1.54) is 0 Å². The Kier molecular flexibility index (Phi) is 5.87. The van der Waals surface area contributed by atoms with Gasteiger partial charge in [-0.3, -0.25) is 0 Å². The van der Waals surface area contributed by atoms with E-state index in [1.807, 2.05) is 0 Å². The molecule has 69 valence electrons. The average molecular weight is 173 g/mol. The molecule has 0 N–H and O–H groups in total. The minimum Gasteiger partial charge on any atom is -0.0879 e. The van der Waals surface area contributed by atoms with E-state index in [0.717, 1.165) is 32.1 Å². The molecule has 0 spiro atoms. The molecule has 0 heterocycles. The second-order valence-electron chi connectivity index (χ2n) is 3.07. The van der Waals surface area contributed by atoms with Crippen LogP contribution in [0, 0.1) is 6.08 Å². The van der Waals surface area contributed by atoms with Gasteiger partial charge in [-0.1, -0.05) is 42.5 Å². The minimum atomic E-state index is 1.03. The fraction of sp³-hybridized carbons (Fsp3) is 0.385. The van der Waals surface area contributed by atoms with Crippen molar-refractivity contribution >= 4 is 0 Å². The fourth-order valence-electron chi connectivity index (χ4n) is 1.18. The van der Waals surface area contributed by atoms with Gasteiger partial charge in [-0.15, -0.1) is 0 Å². The predicted molar refractivity (Wildman–Crippen MR) is 58.3 cm³/mol. The third-order valence-corrected chi connectivity index (χ3v) is 1.90. The Labute approximate surface area is 81.4 Å². The smallest absolute Gasteiger partial charge is 0.0163 e. The quantitative estimate of drug-likeness (QED) is 0.486. The molecule has 0 fully saturated rings. The van der Waals surface area contributed by atoms with Crippen LogP contribution >= 0.6 is 0 Å². The molecule has 0 bridgehead atoms. The predicted octanol–water partition coefficient (Wildman–Crippen LogP) is 3.98. The average Bonchev–Trinajstić information content (AvgIpc) is 2.18. The molecule has 0 amide bonds. The van der Waals surface area contributed by atoms with Crippen LogP contribution in [0.3, 0.4) is 0 Å². The van der Waals surface area contributed by atoms with E-state index < -0.39 is 0 Å². The van der Waals surface area contributed by atoms with Crippen LogP contribution in [-0.2, 0) is 0 Å². The highest BCUT2D eigenvalue weighted by molar-refractivity contribution is 4.99. The van der Waals surface area contributed by atoms with Gasteiger partial charge in [0.2, 0.25) is 0 Å². The summed E-state index contributed by atoms with van der Waals surface area (Å²) in [6.45, 7) is 0. The van der Waals surface area contributed by atoms with E-state index in [1.54, 1.807) is 0 Å². The van der Waals surface area contributed by atoms with Crippen molar-refractivity contribution < 1.29 is 0 Å². The van der Waals surface area contributed by atoms with Crippen molar-refractivity contribution in [1.29, 1.82) is 0 Å². The molecular formula is C13H17. The topological polar surface area (TPSA) is 0 Å². The Balaban J connectivity index is 2.38. The van der Waals surface area contributed by atoms with Gasteiger partial charge < -0.3 is 0 Å². The highest BCUT2D eigenvalue weighted by Crippen LogP contribution is 1.99. The Morgan fingerprint density at radius 1 is 0.692 bits per heavy atom. The highest BCUT2D eigenvalue weighted by Gasteiger charge is 1.79. The standard InChI is InChI=1S/C13H17/c1-2-4-6-8-10-12-13-11-9-7-5-3-1/h1-2,5-8,11H,3-4,9-10,12H2/b2-1+,7-5+,8-6-,13-11?. The molecule has 0 nitrogen and oxygen atoms in total. The third-order valence-electron chi connectivity index (χ3n) is 1.90. The summed E-state index contributed by atoms with van der Waals surface area (Å²) in [4.78, 5) is 0. The van der Waals surface area contributed by atoms with Gasteiger partial charge in [-0.2, -0.15) is 0 Å². The molecule has 13 heavy (non-hydrogen) atoms. The van der Waals surface area contributed by atoms with Crippen molar-refractivity contribution in [2.24, 2.45) is 0 Å². The SMILES string of the molecule is [C]1=C/C/C=C/C/C=C/C/C=C\CC/1. The lowest BCUT2D eigenvalue weighted by Gasteiger charge is -1.85. The van der Waals surface area contributed by atoms with Crippen molar-refractivity contribution in [3.05, 3.63) is 48.6 Å². The Morgan fingerprint density at radius 2 is 1.31 bits per heavy atom. The van der Waals surface area contributed by atoms with Gasteiger partial charge in [0.1, 0.15) is 0 Å². The van der Waals surface area contributed by atoms with Gasteiger partial charge in [-0.25, -0.2) is 0 Å². The molecule has 1 rings (SSSR count). The van der Waals surface area contributed by atoms with Gasteiger partial charge in [0.25, 0.3) is 0 Å². The molecule has 0 aromatic heterocycles. The zero-order valence-corrected chi connectivity index (χ0v) is 8.08. The van der Waals surface area contributed by atoms with E-state index in [9.17, 15) is 0 Å². The summed E-state index contributed by atoms with van der Waals surface area (Å²) in [5.74, 6) is 0. The maximum atomic E-state index is 3.28. The number of hydrogen-bond donors (Lipinski definition) is 0. The first kappa shape index (κ1) is 10.0. The van der Waals surface area contributed by atoms with Crippen molar-refractivity contribution in [1.82, 2.24) is 0 Å². The van der Waals surface area contributed by atoms with Crippen molar-refractivity contribution in [2.75, 3.05) is 0 Å². The molecular weight excluding hydrogens is 156 g/mol. The lowest BCUT2D eigenvalue weighted by atomic mass is 10.2. The third kappa shape index (κ3) is 6.15. The normalized spacial score (nSPS) is 28.9. The number of hydrogen-bond acceptors (Lipinski definition) is 0. The molecule has 0 heteroatoms. The minimum absolute atomic E-state index is 1.03. The zero-order chi connectivity index (χ0) is 9.19. The molecule has 0 aliphatic heterocycles. The van der Waals surface area contributed by atoms with Gasteiger partial charge in [0, 0.05) is 0 Å². The van der Waals surface area contributed by atoms with Crippen LogP contribution in [0.2, 0.25) is 0 Å². The van der Waals surface area contributed by atoms with Crippen molar-refractivity contribution in [3.63, 3.8) is 0 Å². The zero-order valence-electron chi connectivity index (χ0n) is 8.08. The summed E-state index contributed by atoms with van der Waals surface area (Å²) in [6.07, 6.45) is 24.0. The summed E-state index contributed by atoms with van der Waals surface area (Å²) in [5.41, 5.74) is 0. The number of rotatable bonds is 0. The van der Waals surface area contributed by atoms with Gasteiger partial charge in [0.15, 0.2) is 0 Å². The first-order valence-electron chi connectivity index (χ1n) is 5.00. The molecule has 0 saturated carbocycles. The molecule has 1 aliphatic rings. The first-order chi connectivity index (χ1) is 6.50. The Bertz CT molecular complexity index is 192. The van der Waals surface area contributed by atoms with Crippen LogP contribution in [0.5, 0.6) is 0 Å². The van der Waals surface area contributed by atoms with E-state index in [4.69, 9.17) is 0 Å².